The molecule has 2 heterocycles. The van der Waals surface area contributed by atoms with Crippen molar-refractivity contribution < 1.29 is 8.42 Å². The summed E-state index contributed by atoms with van der Waals surface area (Å²) in [6, 6.07) is 6.02. The summed E-state index contributed by atoms with van der Waals surface area (Å²) in [5.41, 5.74) is 3.33. The molecule has 7 nitrogen and oxygen atoms in total. The van der Waals surface area contributed by atoms with Gasteiger partial charge in [-0.05, 0) is 25.1 Å². The Kier molecular flexibility index (Phi) is 3.63. The van der Waals surface area contributed by atoms with Crippen molar-refractivity contribution in [3.8, 4) is 0 Å². The van der Waals surface area contributed by atoms with Crippen LogP contribution in [-0.2, 0) is 10.0 Å². The monoisotopic (exact) mass is 279 g/mol. The molecule has 0 unspecified atom stereocenters. The predicted octanol–water partition coefficient (Wildman–Crippen LogP) is 0.871. The molecule has 0 aliphatic carbocycles. The summed E-state index contributed by atoms with van der Waals surface area (Å²) in [4.78, 5) is 7.94. The van der Waals surface area contributed by atoms with E-state index in [0.29, 0.717) is 11.4 Å². The summed E-state index contributed by atoms with van der Waals surface area (Å²) < 4.78 is 26.8. The molecule has 0 saturated carbocycles. The number of sulfonamides is 1. The van der Waals surface area contributed by atoms with Crippen molar-refractivity contribution in [1.82, 2.24) is 9.97 Å². The Labute approximate surface area is 110 Å². The molecule has 4 N–H and O–H groups in total. The molecule has 0 aliphatic rings. The lowest BCUT2D eigenvalue weighted by molar-refractivity contribution is 0.601. The number of hydrogen-bond acceptors (Lipinski definition) is 6. The Hall–Kier alpha value is -2.19. The number of nitrogens with two attached hydrogens (primary N) is 1. The Morgan fingerprint density at radius 2 is 2.00 bits per heavy atom. The first-order valence-electron chi connectivity index (χ1n) is 5.40. The molecule has 19 heavy (non-hydrogen) atoms. The average Bonchev–Trinajstić information content (AvgIpc) is 2.41. The van der Waals surface area contributed by atoms with Crippen molar-refractivity contribution >= 4 is 21.5 Å². The minimum Gasteiger partial charge on any atom is -0.308 e. The number of rotatable bonds is 4. The van der Waals surface area contributed by atoms with E-state index in [1.165, 1.54) is 18.3 Å². The maximum atomic E-state index is 12.2. The van der Waals surface area contributed by atoms with Crippen LogP contribution in [-0.4, -0.2) is 18.4 Å². The summed E-state index contributed by atoms with van der Waals surface area (Å²) in [5.74, 6) is 5.47. The second kappa shape index (κ2) is 5.21. The standard InChI is InChI=1S/C11H13N5O2S/c1-8-10(3-2-5-13-8)16-19(17,18)9-4-6-14-11(7-9)15-12/h2-7,16H,12H2,1H3,(H,14,15). The van der Waals surface area contributed by atoms with Gasteiger partial charge in [0, 0.05) is 18.5 Å². The maximum Gasteiger partial charge on any atom is 0.262 e. The number of nitrogen functional groups attached to an aromatic ring is 1. The molecule has 0 bridgehead atoms. The van der Waals surface area contributed by atoms with Crippen LogP contribution in [0.4, 0.5) is 11.5 Å². The van der Waals surface area contributed by atoms with Crippen LogP contribution in [0.3, 0.4) is 0 Å². The van der Waals surface area contributed by atoms with Crippen molar-refractivity contribution in [2.24, 2.45) is 5.84 Å². The third-order valence-electron chi connectivity index (χ3n) is 2.44. The normalized spacial score (nSPS) is 11.1. The van der Waals surface area contributed by atoms with Gasteiger partial charge in [0.2, 0.25) is 0 Å². The van der Waals surface area contributed by atoms with E-state index in [4.69, 9.17) is 5.84 Å². The Morgan fingerprint density at radius 1 is 1.21 bits per heavy atom. The van der Waals surface area contributed by atoms with E-state index in [1.807, 2.05) is 0 Å². The van der Waals surface area contributed by atoms with Crippen LogP contribution in [0, 0.1) is 6.92 Å². The van der Waals surface area contributed by atoms with Crippen LogP contribution in [0.5, 0.6) is 0 Å². The number of aryl methyl sites for hydroxylation is 1. The van der Waals surface area contributed by atoms with Crippen LogP contribution in [0.2, 0.25) is 0 Å². The van der Waals surface area contributed by atoms with Crippen molar-refractivity contribution in [3.05, 3.63) is 42.4 Å². The zero-order valence-electron chi connectivity index (χ0n) is 10.2. The van der Waals surface area contributed by atoms with Crippen LogP contribution >= 0.6 is 0 Å². The van der Waals surface area contributed by atoms with E-state index in [1.54, 1.807) is 25.3 Å². The fourth-order valence-corrected chi connectivity index (χ4v) is 2.58. The van der Waals surface area contributed by atoms with Gasteiger partial charge in [-0.2, -0.15) is 0 Å². The van der Waals surface area contributed by atoms with Gasteiger partial charge in [0.25, 0.3) is 10.0 Å². The number of hydrogen-bond donors (Lipinski definition) is 3. The van der Waals surface area contributed by atoms with Crippen LogP contribution in [0.25, 0.3) is 0 Å². The first kappa shape index (κ1) is 13.2. The zero-order valence-corrected chi connectivity index (χ0v) is 11.0. The summed E-state index contributed by atoms with van der Waals surface area (Å²) in [5, 5.41) is 0. The SMILES string of the molecule is Cc1ncccc1NS(=O)(=O)c1ccnc(NN)c1. The molecule has 0 aromatic carbocycles. The van der Waals surface area contributed by atoms with E-state index in [0.717, 1.165) is 0 Å². The van der Waals surface area contributed by atoms with E-state index in [9.17, 15) is 8.42 Å². The van der Waals surface area contributed by atoms with Gasteiger partial charge in [-0.25, -0.2) is 19.2 Å². The highest BCUT2D eigenvalue weighted by molar-refractivity contribution is 7.92. The second-order valence-electron chi connectivity index (χ2n) is 3.76. The minimum absolute atomic E-state index is 0.0682. The molecule has 2 rings (SSSR count). The smallest absolute Gasteiger partial charge is 0.262 e. The highest BCUT2D eigenvalue weighted by Crippen LogP contribution is 2.18. The molecule has 0 aliphatic heterocycles. The summed E-state index contributed by atoms with van der Waals surface area (Å²) in [6.45, 7) is 1.72. The predicted molar refractivity (Wildman–Crippen MR) is 71.8 cm³/mol. The van der Waals surface area contributed by atoms with Gasteiger partial charge in [0.15, 0.2) is 0 Å². The molecule has 0 radical (unpaired) electrons. The number of hydrazine groups is 1. The quantitative estimate of drug-likeness (QED) is 0.566. The first-order chi connectivity index (χ1) is 9.03. The van der Waals surface area contributed by atoms with Crippen LogP contribution in [0.1, 0.15) is 5.69 Å². The van der Waals surface area contributed by atoms with Gasteiger partial charge in [-0.15, -0.1) is 0 Å². The van der Waals surface area contributed by atoms with Crippen LogP contribution in [0.15, 0.2) is 41.6 Å². The Morgan fingerprint density at radius 3 is 2.68 bits per heavy atom. The molecule has 2 aromatic rings. The maximum absolute atomic E-state index is 12.2. The fourth-order valence-electron chi connectivity index (χ4n) is 1.45. The molecular weight excluding hydrogens is 266 g/mol. The number of anilines is 2. The molecule has 0 fully saturated rings. The first-order valence-corrected chi connectivity index (χ1v) is 6.88. The highest BCUT2D eigenvalue weighted by Gasteiger charge is 2.16. The summed E-state index contributed by atoms with van der Waals surface area (Å²) in [6.07, 6.45) is 2.95. The van der Waals surface area contributed by atoms with Crippen molar-refractivity contribution in [2.45, 2.75) is 11.8 Å². The molecule has 0 atom stereocenters. The third kappa shape index (κ3) is 2.98. The van der Waals surface area contributed by atoms with E-state index in [2.05, 4.69) is 20.1 Å². The van der Waals surface area contributed by atoms with Gasteiger partial charge in [0.05, 0.1) is 16.3 Å². The van der Waals surface area contributed by atoms with Gasteiger partial charge >= 0.3 is 0 Å². The number of pyridine rings is 2. The van der Waals surface area contributed by atoms with E-state index >= 15 is 0 Å². The van der Waals surface area contributed by atoms with Gasteiger partial charge in [-0.3, -0.25) is 9.71 Å². The lowest BCUT2D eigenvalue weighted by Crippen LogP contribution is -2.15. The lowest BCUT2D eigenvalue weighted by atomic mass is 10.3. The van der Waals surface area contributed by atoms with Crippen molar-refractivity contribution in [2.75, 3.05) is 10.1 Å². The van der Waals surface area contributed by atoms with Crippen LogP contribution < -0.4 is 16.0 Å². The second-order valence-corrected chi connectivity index (χ2v) is 5.45. The molecule has 2 aromatic heterocycles. The molecule has 100 valence electrons. The molecule has 0 amide bonds. The number of nitrogens with zero attached hydrogens (tertiary/aromatic N) is 2. The van der Waals surface area contributed by atoms with Crippen molar-refractivity contribution in [3.63, 3.8) is 0 Å². The molecule has 8 heteroatoms. The van der Waals surface area contributed by atoms with Crippen molar-refractivity contribution in [1.29, 1.82) is 0 Å². The third-order valence-corrected chi connectivity index (χ3v) is 3.80. The summed E-state index contributed by atoms with van der Waals surface area (Å²) in [7, 11) is -3.69. The topological polar surface area (TPSA) is 110 Å². The fraction of sp³-hybridized carbons (Fsp3) is 0.0909. The van der Waals surface area contributed by atoms with E-state index in [-0.39, 0.29) is 10.7 Å². The molecule has 0 saturated heterocycles. The zero-order chi connectivity index (χ0) is 13.9. The average molecular weight is 279 g/mol. The Bertz CT molecular complexity index is 687. The van der Waals surface area contributed by atoms with Gasteiger partial charge < -0.3 is 5.43 Å². The van der Waals surface area contributed by atoms with Gasteiger partial charge in [0.1, 0.15) is 5.82 Å². The lowest BCUT2D eigenvalue weighted by Gasteiger charge is -2.10. The minimum atomic E-state index is -3.69. The summed E-state index contributed by atoms with van der Waals surface area (Å²) >= 11 is 0. The van der Waals surface area contributed by atoms with E-state index < -0.39 is 10.0 Å². The highest BCUT2D eigenvalue weighted by atomic mass is 32.2. The Balaban J connectivity index is 2.35. The number of nitrogens with one attached hydrogen (secondary N) is 2. The van der Waals surface area contributed by atoms with Gasteiger partial charge in [-0.1, -0.05) is 0 Å². The molecule has 0 spiro atoms. The largest absolute Gasteiger partial charge is 0.308 e. The molecular formula is C11H13N5O2S. The number of aromatic nitrogens is 2.